The Morgan fingerprint density at radius 1 is 1.53 bits per heavy atom. The molecule has 0 aromatic carbocycles. The van der Waals surface area contributed by atoms with Gasteiger partial charge in [-0.15, -0.1) is 11.8 Å². The lowest BCUT2D eigenvalue weighted by molar-refractivity contribution is 0.238. The largest absolute Gasteiger partial charge is 0.476 e. The van der Waals surface area contributed by atoms with Crippen molar-refractivity contribution in [1.82, 2.24) is 9.88 Å². The number of thioether (sulfide) groups is 1. The van der Waals surface area contributed by atoms with Crippen molar-refractivity contribution in [2.45, 2.75) is 0 Å². The molecule has 0 radical (unpaired) electrons. The van der Waals surface area contributed by atoms with Gasteiger partial charge >= 0.3 is 0 Å². The summed E-state index contributed by atoms with van der Waals surface area (Å²) in [5.74, 6) is 3.00. The number of aromatic nitrogens is 1. The van der Waals surface area contributed by atoms with Crippen molar-refractivity contribution in [3.05, 3.63) is 23.4 Å². The molecule has 0 atom stereocenters. The van der Waals surface area contributed by atoms with Crippen LogP contribution in [0.3, 0.4) is 0 Å². The van der Waals surface area contributed by atoms with E-state index in [2.05, 4.69) is 9.88 Å². The number of nitrogens with zero attached hydrogens (tertiary/aromatic N) is 2. The zero-order valence-electron chi connectivity index (χ0n) is 8.36. The van der Waals surface area contributed by atoms with E-state index in [9.17, 15) is 0 Å². The summed E-state index contributed by atoms with van der Waals surface area (Å²) in [5, 5.41) is 0.637. The van der Waals surface area contributed by atoms with Crippen LogP contribution in [-0.2, 0) is 0 Å². The molecule has 2 rings (SSSR count). The van der Waals surface area contributed by atoms with E-state index >= 15 is 0 Å². The first-order valence-corrected chi connectivity index (χ1v) is 6.42. The summed E-state index contributed by atoms with van der Waals surface area (Å²) in [7, 11) is 0. The topological polar surface area (TPSA) is 25.4 Å². The monoisotopic (exact) mass is 244 g/mol. The summed E-state index contributed by atoms with van der Waals surface area (Å²) < 4.78 is 5.50. The van der Waals surface area contributed by atoms with E-state index in [0.29, 0.717) is 17.5 Å². The Balaban J connectivity index is 1.71. The molecule has 2 heterocycles. The third-order valence-electron chi connectivity index (χ3n) is 2.18. The van der Waals surface area contributed by atoms with Crippen LogP contribution in [0.4, 0.5) is 0 Å². The zero-order valence-corrected chi connectivity index (χ0v) is 9.93. The van der Waals surface area contributed by atoms with Gasteiger partial charge in [-0.25, -0.2) is 4.98 Å². The van der Waals surface area contributed by atoms with Crippen molar-refractivity contribution >= 4 is 23.4 Å². The SMILES string of the molecule is Clc1ccc(OCCN2CCSC2)nc1. The third kappa shape index (κ3) is 3.55. The first-order valence-electron chi connectivity index (χ1n) is 4.89. The van der Waals surface area contributed by atoms with Crippen molar-refractivity contribution in [1.29, 1.82) is 0 Å². The minimum absolute atomic E-state index is 0.637. The van der Waals surface area contributed by atoms with E-state index in [1.807, 2.05) is 11.8 Å². The van der Waals surface area contributed by atoms with E-state index < -0.39 is 0 Å². The predicted molar refractivity (Wildman–Crippen MR) is 63.6 cm³/mol. The number of pyridine rings is 1. The standard InChI is InChI=1S/C10H13ClN2OS/c11-9-1-2-10(12-7-9)14-5-3-13-4-6-15-8-13/h1-2,7H,3-6,8H2. The van der Waals surface area contributed by atoms with Gasteiger partial charge in [-0.2, -0.15) is 0 Å². The average Bonchev–Trinajstić information content (AvgIpc) is 2.74. The molecule has 1 aromatic rings. The molecule has 15 heavy (non-hydrogen) atoms. The van der Waals surface area contributed by atoms with Crippen molar-refractivity contribution < 1.29 is 4.74 Å². The Kier molecular flexibility index (Phi) is 4.11. The van der Waals surface area contributed by atoms with E-state index in [4.69, 9.17) is 16.3 Å². The molecule has 1 fully saturated rings. The summed E-state index contributed by atoms with van der Waals surface area (Å²) in [6.45, 7) is 2.83. The van der Waals surface area contributed by atoms with E-state index in [-0.39, 0.29) is 0 Å². The van der Waals surface area contributed by atoms with Crippen LogP contribution in [-0.4, -0.2) is 41.2 Å². The number of ether oxygens (including phenoxy) is 1. The maximum absolute atomic E-state index is 5.72. The van der Waals surface area contributed by atoms with Crippen molar-refractivity contribution in [3.63, 3.8) is 0 Å². The Labute approximate surface area is 98.8 Å². The van der Waals surface area contributed by atoms with Crippen LogP contribution in [0.5, 0.6) is 5.88 Å². The summed E-state index contributed by atoms with van der Waals surface area (Å²) in [5.41, 5.74) is 0. The van der Waals surface area contributed by atoms with Crippen LogP contribution in [0, 0.1) is 0 Å². The lowest BCUT2D eigenvalue weighted by Gasteiger charge is -2.13. The molecule has 1 saturated heterocycles. The number of hydrogen-bond donors (Lipinski definition) is 0. The van der Waals surface area contributed by atoms with Crippen LogP contribution >= 0.6 is 23.4 Å². The molecule has 82 valence electrons. The molecule has 5 heteroatoms. The summed E-state index contributed by atoms with van der Waals surface area (Å²) >= 11 is 7.69. The van der Waals surface area contributed by atoms with Gasteiger partial charge in [0.2, 0.25) is 5.88 Å². The molecule has 0 aliphatic carbocycles. The molecular weight excluding hydrogens is 232 g/mol. The van der Waals surface area contributed by atoms with Gasteiger partial charge < -0.3 is 4.74 Å². The lowest BCUT2D eigenvalue weighted by atomic mass is 10.5. The maximum Gasteiger partial charge on any atom is 0.213 e. The Bertz CT molecular complexity index is 301. The smallest absolute Gasteiger partial charge is 0.213 e. The molecule has 3 nitrogen and oxygen atoms in total. The quantitative estimate of drug-likeness (QED) is 0.810. The highest BCUT2D eigenvalue weighted by atomic mass is 35.5. The molecule has 0 unspecified atom stereocenters. The predicted octanol–water partition coefficient (Wildman–Crippen LogP) is 2.12. The molecule has 0 spiro atoms. The molecule has 0 bridgehead atoms. The molecule has 0 amide bonds. The number of hydrogen-bond acceptors (Lipinski definition) is 4. The van der Waals surface area contributed by atoms with E-state index in [0.717, 1.165) is 12.4 Å². The normalized spacial score (nSPS) is 16.9. The lowest BCUT2D eigenvalue weighted by Crippen LogP contribution is -2.25. The van der Waals surface area contributed by atoms with Crippen LogP contribution < -0.4 is 4.74 Å². The molecule has 1 aliphatic rings. The highest BCUT2D eigenvalue weighted by Gasteiger charge is 2.11. The van der Waals surface area contributed by atoms with Crippen molar-refractivity contribution in [2.75, 3.05) is 31.3 Å². The molecule has 0 saturated carbocycles. The molecule has 0 N–H and O–H groups in total. The van der Waals surface area contributed by atoms with Gasteiger partial charge in [-0.3, -0.25) is 4.90 Å². The molecule has 1 aliphatic heterocycles. The highest BCUT2D eigenvalue weighted by molar-refractivity contribution is 7.99. The summed E-state index contributed by atoms with van der Waals surface area (Å²) in [6, 6.07) is 3.58. The third-order valence-corrected chi connectivity index (χ3v) is 3.43. The summed E-state index contributed by atoms with van der Waals surface area (Å²) in [4.78, 5) is 6.44. The van der Waals surface area contributed by atoms with Crippen molar-refractivity contribution in [2.24, 2.45) is 0 Å². The van der Waals surface area contributed by atoms with E-state index in [1.165, 1.54) is 12.3 Å². The maximum atomic E-state index is 5.72. The Morgan fingerprint density at radius 3 is 3.13 bits per heavy atom. The fraction of sp³-hybridized carbons (Fsp3) is 0.500. The van der Waals surface area contributed by atoms with Crippen LogP contribution in [0.1, 0.15) is 0 Å². The van der Waals surface area contributed by atoms with Gasteiger partial charge in [-0.1, -0.05) is 11.6 Å². The minimum Gasteiger partial charge on any atom is -0.476 e. The van der Waals surface area contributed by atoms with Gasteiger partial charge in [0.15, 0.2) is 0 Å². The van der Waals surface area contributed by atoms with Crippen LogP contribution in [0.2, 0.25) is 5.02 Å². The second-order valence-corrected chi connectivity index (χ2v) is 4.83. The second-order valence-electron chi connectivity index (χ2n) is 3.32. The first kappa shape index (κ1) is 11.0. The Hall–Kier alpha value is -0.450. The Morgan fingerprint density at radius 2 is 2.47 bits per heavy atom. The summed E-state index contributed by atoms with van der Waals surface area (Å²) in [6.07, 6.45) is 1.60. The fourth-order valence-electron chi connectivity index (χ4n) is 1.36. The number of halogens is 1. The van der Waals surface area contributed by atoms with Crippen LogP contribution in [0.15, 0.2) is 18.3 Å². The average molecular weight is 245 g/mol. The van der Waals surface area contributed by atoms with Crippen molar-refractivity contribution in [3.8, 4) is 5.88 Å². The van der Waals surface area contributed by atoms with Gasteiger partial charge in [0.1, 0.15) is 6.61 Å². The highest BCUT2D eigenvalue weighted by Crippen LogP contribution is 2.13. The van der Waals surface area contributed by atoms with Gasteiger partial charge in [-0.05, 0) is 6.07 Å². The molecular formula is C10H13ClN2OS. The van der Waals surface area contributed by atoms with Gasteiger partial charge in [0.05, 0.1) is 5.02 Å². The zero-order chi connectivity index (χ0) is 10.5. The fourth-order valence-corrected chi connectivity index (χ4v) is 2.50. The van der Waals surface area contributed by atoms with Gasteiger partial charge in [0.25, 0.3) is 0 Å². The van der Waals surface area contributed by atoms with Gasteiger partial charge in [0, 0.05) is 37.0 Å². The first-order chi connectivity index (χ1) is 7.34. The molecule has 1 aromatic heterocycles. The minimum atomic E-state index is 0.637. The second kappa shape index (κ2) is 5.58. The van der Waals surface area contributed by atoms with Crippen LogP contribution in [0.25, 0.3) is 0 Å². The number of rotatable bonds is 4. The van der Waals surface area contributed by atoms with E-state index in [1.54, 1.807) is 18.3 Å².